The number of pyridine rings is 1. The van der Waals surface area contributed by atoms with Crippen LogP contribution in [0.15, 0.2) is 67.0 Å². The van der Waals surface area contributed by atoms with Gasteiger partial charge in [0.15, 0.2) is 35.9 Å². The van der Waals surface area contributed by atoms with E-state index >= 15 is 0 Å². The van der Waals surface area contributed by atoms with E-state index in [0.29, 0.717) is 17.7 Å². The number of aromatic nitrogens is 1. The first-order valence-corrected chi connectivity index (χ1v) is 7.66. The lowest BCUT2D eigenvalue weighted by Crippen LogP contribution is -3.00. The molecule has 0 radical (unpaired) electrons. The molecule has 0 spiro atoms. The van der Waals surface area contributed by atoms with E-state index in [4.69, 9.17) is 0 Å². The highest BCUT2D eigenvalue weighted by molar-refractivity contribution is 6.29. The minimum Gasteiger partial charge on any atom is -1.00 e. The molecule has 3 aromatic rings. The maximum atomic E-state index is 12.8. The summed E-state index contributed by atoms with van der Waals surface area (Å²) in [4.78, 5) is 25.5. The summed E-state index contributed by atoms with van der Waals surface area (Å²) in [6.07, 6.45) is 3.92. The van der Waals surface area contributed by atoms with Crippen LogP contribution in [-0.4, -0.2) is 11.6 Å². The van der Waals surface area contributed by atoms with Crippen molar-refractivity contribution in [3.63, 3.8) is 0 Å². The van der Waals surface area contributed by atoms with E-state index in [9.17, 15) is 9.59 Å². The molecule has 0 unspecified atom stereocenters. The summed E-state index contributed by atoms with van der Waals surface area (Å²) >= 11 is 0. The number of nitrogens with zero attached hydrogens (tertiary/aromatic N) is 1. The molecule has 24 heavy (non-hydrogen) atoms. The average molecular weight is 429 g/mol. The first-order chi connectivity index (χ1) is 11.1. The van der Waals surface area contributed by atoms with Crippen LogP contribution in [0, 0.1) is 5.41 Å². The van der Waals surface area contributed by atoms with E-state index < -0.39 is 5.41 Å². The number of carbonyl (C=O) groups excluding carboxylic acids is 2. The van der Waals surface area contributed by atoms with Gasteiger partial charge in [0.1, 0.15) is 0 Å². The van der Waals surface area contributed by atoms with Crippen LogP contribution in [0.5, 0.6) is 0 Å². The van der Waals surface area contributed by atoms with Gasteiger partial charge in [-0.15, -0.1) is 0 Å². The van der Waals surface area contributed by atoms with E-state index in [0.717, 1.165) is 10.8 Å². The fourth-order valence-electron chi connectivity index (χ4n) is 3.36. The topological polar surface area (TPSA) is 38.0 Å². The lowest BCUT2D eigenvalue weighted by atomic mass is 9.84. The van der Waals surface area contributed by atoms with E-state index in [-0.39, 0.29) is 35.5 Å². The molecule has 0 bridgehead atoms. The van der Waals surface area contributed by atoms with Gasteiger partial charge >= 0.3 is 0 Å². The number of benzene rings is 2. The first-order valence-electron chi connectivity index (χ1n) is 7.66. The van der Waals surface area contributed by atoms with Crippen LogP contribution >= 0.6 is 0 Å². The highest BCUT2D eigenvalue weighted by Gasteiger charge is 2.52. The van der Waals surface area contributed by atoms with E-state index in [1.165, 1.54) is 0 Å². The van der Waals surface area contributed by atoms with Crippen LogP contribution in [-0.2, 0) is 6.54 Å². The molecule has 0 fully saturated rings. The largest absolute Gasteiger partial charge is 1.00 e. The van der Waals surface area contributed by atoms with Crippen LogP contribution in [0.2, 0.25) is 0 Å². The van der Waals surface area contributed by atoms with Gasteiger partial charge in [0.2, 0.25) is 0 Å². The second-order valence-electron chi connectivity index (χ2n) is 6.28. The molecule has 0 saturated carbocycles. The third-order valence-electron chi connectivity index (χ3n) is 4.66. The Morgan fingerprint density at radius 3 is 2.00 bits per heavy atom. The van der Waals surface area contributed by atoms with Crippen molar-refractivity contribution in [1.82, 2.24) is 0 Å². The van der Waals surface area contributed by atoms with E-state index in [2.05, 4.69) is 0 Å². The molecule has 0 N–H and O–H groups in total. The van der Waals surface area contributed by atoms with Gasteiger partial charge in [-0.2, -0.15) is 0 Å². The molecule has 3 nitrogen and oxygen atoms in total. The molecule has 4 heteroatoms. The van der Waals surface area contributed by atoms with Gasteiger partial charge in [-0.1, -0.05) is 42.5 Å². The van der Waals surface area contributed by atoms with Crippen molar-refractivity contribution in [1.29, 1.82) is 0 Å². The summed E-state index contributed by atoms with van der Waals surface area (Å²) in [5.41, 5.74) is 0.0550. The Kier molecular flexibility index (Phi) is 4.25. The quantitative estimate of drug-likeness (QED) is 0.332. The zero-order chi connectivity index (χ0) is 16.0. The van der Waals surface area contributed by atoms with Crippen molar-refractivity contribution < 1.29 is 38.1 Å². The monoisotopic (exact) mass is 429 g/mol. The fraction of sp³-hybridized carbons (Fsp3) is 0.150. The summed E-state index contributed by atoms with van der Waals surface area (Å²) in [5, 5.41) is 2.23. The van der Waals surface area contributed by atoms with Crippen LogP contribution in [0.25, 0.3) is 10.8 Å². The third-order valence-corrected chi connectivity index (χ3v) is 4.66. The number of rotatable bonds is 2. The summed E-state index contributed by atoms with van der Waals surface area (Å²) in [6, 6.07) is 17.2. The van der Waals surface area contributed by atoms with Crippen LogP contribution in [0.4, 0.5) is 0 Å². The van der Waals surface area contributed by atoms with Crippen molar-refractivity contribution in [3.8, 4) is 0 Å². The van der Waals surface area contributed by atoms with Crippen LogP contribution in [0.3, 0.4) is 0 Å². The third kappa shape index (κ3) is 2.45. The predicted molar refractivity (Wildman–Crippen MR) is 87.4 cm³/mol. The van der Waals surface area contributed by atoms with Gasteiger partial charge in [0.25, 0.3) is 0 Å². The molecular formula is C20H16INO2. The van der Waals surface area contributed by atoms with Crippen molar-refractivity contribution in [2.24, 2.45) is 5.41 Å². The Bertz CT molecular complexity index is 930. The van der Waals surface area contributed by atoms with Crippen LogP contribution in [0.1, 0.15) is 27.6 Å². The molecule has 4 rings (SSSR count). The molecular weight excluding hydrogens is 413 g/mol. The van der Waals surface area contributed by atoms with Crippen molar-refractivity contribution in [3.05, 3.63) is 78.1 Å². The lowest BCUT2D eigenvalue weighted by Gasteiger charge is -2.16. The summed E-state index contributed by atoms with van der Waals surface area (Å²) in [7, 11) is 0. The molecule has 1 aromatic heterocycles. The van der Waals surface area contributed by atoms with Gasteiger partial charge < -0.3 is 24.0 Å². The van der Waals surface area contributed by atoms with Gasteiger partial charge in [-0.05, 0) is 18.4 Å². The lowest BCUT2D eigenvalue weighted by molar-refractivity contribution is -0.702. The molecule has 0 saturated heterocycles. The van der Waals surface area contributed by atoms with Crippen LogP contribution < -0.4 is 28.5 Å². The zero-order valence-electron chi connectivity index (χ0n) is 13.2. The maximum absolute atomic E-state index is 12.8. The number of ketones is 2. The van der Waals surface area contributed by atoms with Gasteiger partial charge in [0, 0.05) is 22.6 Å². The van der Waals surface area contributed by atoms with Crippen molar-refractivity contribution in [2.45, 2.75) is 13.5 Å². The summed E-state index contributed by atoms with van der Waals surface area (Å²) in [5.74, 6) is -0.169. The smallest absolute Gasteiger partial charge is 0.183 e. The standard InChI is InChI=1S/C20H16NO2.HI/c1-20(18(22)16-8-4-5-9-17(16)19(20)23)13-21-11-10-14-6-2-3-7-15(14)12-21;/h2-12H,13H2,1H3;1H/q+1;/p-1. The van der Waals surface area contributed by atoms with E-state index in [1.807, 2.05) is 47.3 Å². The first kappa shape index (κ1) is 16.8. The molecule has 1 aliphatic rings. The van der Waals surface area contributed by atoms with Crippen molar-refractivity contribution >= 4 is 22.3 Å². The van der Waals surface area contributed by atoms with E-state index in [1.54, 1.807) is 31.2 Å². The average Bonchev–Trinajstić information content (AvgIpc) is 2.77. The maximum Gasteiger partial charge on any atom is 0.183 e. The molecule has 2 aromatic carbocycles. The summed E-state index contributed by atoms with van der Waals surface area (Å²) < 4.78 is 1.93. The Labute approximate surface area is 157 Å². The number of carbonyl (C=O) groups is 2. The molecule has 0 atom stereocenters. The minimum absolute atomic E-state index is 0. The van der Waals surface area contributed by atoms with Gasteiger partial charge in [-0.3, -0.25) is 9.59 Å². The summed E-state index contributed by atoms with van der Waals surface area (Å²) in [6.45, 7) is 2.10. The highest BCUT2D eigenvalue weighted by atomic mass is 127. The van der Waals surface area contributed by atoms with Gasteiger partial charge in [-0.25, -0.2) is 4.57 Å². The number of hydrogen-bond donors (Lipinski definition) is 0. The number of halogens is 1. The SMILES string of the molecule is CC1(C[n+]2ccc3ccccc3c2)C(=O)c2ccccc2C1=O.[I-]. The number of fused-ring (bicyclic) bond motifs is 2. The Balaban J connectivity index is 0.00000169. The second-order valence-corrected chi connectivity index (χ2v) is 6.28. The Hall–Kier alpha value is -2.08. The number of hydrogen-bond acceptors (Lipinski definition) is 2. The molecule has 1 heterocycles. The Morgan fingerprint density at radius 2 is 1.38 bits per heavy atom. The van der Waals surface area contributed by atoms with Gasteiger partial charge in [0.05, 0.1) is 0 Å². The number of Topliss-reactive ketones (excluding diaryl/α,β-unsaturated/α-hetero) is 2. The molecule has 0 aliphatic heterocycles. The Morgan fingerprint density at radius 1 is 0.833 bits per heavy atom. The van der Waals surface area contributed by atoms with Crippen molar-refractivity contribution in [2.75, 3.05) is 0 Å². The normalized spacial score (nSPS) is 15.2. The fourth-order valence-corrected chi connectivity index (χ4v) is 3.36. The molecule has 0 amide bonds. The second kappa shape index (κ2) is 6.09. The predicted octanol–water partition coefficient (Wildman–Crippen LogP) is 0.217. The zero-order valence-corrected chi connectivity index (χ0v) is 15.4. The highest BCUT2D eigenvalue weighted by Crippen LogP contribution is 2.36. The molecule has 120 valence electrons. The minimum atomic E-state index is -1.03. The molecule has 1 aliphatic carbocycles.